The van der Waals surface area contributed by atoms with Crippen LogP contribution in [0.25, 0.3) is 0 Å². The van der Waals surface area contributed by atoms with Crippen molar-refractivity contribution in [3.05, 3.63) is 52.7 Å². The monoisotopic (exact) mass is 397 g/mol. The minimum absolute atomic E-state index is 0.668. The largest absolute Gasteiger partial charge is 0.444 e. The molecule has 1 aromatic heterocycles. The summed E-state index contributed by atoms with van der Waals surface area (Å²) >= 11 is 0. The molecule has 0 unspecified atom stereocenters. The Morgan fingerprint density at radius 3 is 2.59 bits per heavy atom. The molecule has 1 aromatic carbocycles. The van der Waals surface area contributed by atoms with Crippen LogP contribution < -0.4 is 10.6 Å². The highest BCUT2D eigenvalue weighted by molar-refractivity contribution is 5.79. The number of hydrogen-bond acceptors (Lipinski definition) is 4. The maximum atomic E-state index is 5.73. The molecule has 6 heteroatoms. The summed E-state index contributed by atoms with van der Waals surface area (Å²) in [5, 5.41) is 6.91. The molecule has 1 fully saturated rings. The van der Waals surface area contributed by atoms with E-state index < -0.39 is 0 Å². The molecule has 0 bridgehead atoms. The number of nitrogens with one attached hydrogen (secondary N) is 2. The molecule has 29 heavy (non-hydrogen) atoms. The Morgan fingerprint density at radius 1 is 1.17 bits per heavy atom. The van der Waals surface area contributed by atoms with E-state index in [2.05, 4.69) is 58.6 Å². The molecule has 1 aliphatic rings. The van der Waals surface area contributed by atoms with Crippen LogP contribution in [0.1, 0.15) is 48.2 Å². The minimum atomic E-state index is 0.668. The lowest BCUT2D eigenvalue weighted by Crippen LogP contribution is -2.42. The standard InChI is InChI=1S/C23H35N5O/c1-5-24-23(26-15-21-9-7-6-8-17(21)2)25-14-20-10-12-28(13-11-20)16-22-27-18(3)19(4)29-22/h6-9,20H,5,10-16H2,1-4H3,(H2,24,25,26). The van der Waals surface area contributed by atoms with Gasteiger partial charge in [0, 0.05) is 13.1 Å². The van der Waals surface area contributed by atoms with Gasteiger partial charge >= 0.3 is 0 Å². The number of aromatic nitrogens is 1. The molecule has 158 valence electrons. The lowest BCUT2D eigenvalue weighted by atomic mass is 9.97. The highest BCUT2D eigenvalue weighted by atomic mass is 16.4. The number of likely N-dealkylation sites (tertiary alicyclic amines) is 1. The molecule has 3 rings (SSSR count). The average molecular weight is 398 g/mol. The van der Waals surface area contributed by atoms with E-state index in [1.807, 2.05) is 13.8 Å². The summed E-state index contributed by atoms with van der Waals surface area (Å²) in [4.78, 5) is 11.7. The maximum Gasteiger partial charge on any atom is 0.208 e. The first-order valence-electron chi connectivity index (χ1n) is 10.8. The van der Waals surface area contributed by atoms with Gasteiger partial charge in [-0.2, -0.15) is 0 Å². The molecule has 2 heterocycles. The second-order valence-electron chi connectivity index (χ2n) is 7.97. The molecule has 2 aromatic rings. The van der Waals surface area contributed by atoms with Crippen molar-refractivity contribution >= 4 is 5.96 Å². The van der Waals surface area contributed by atoms with Gasteiger partial charge in [0.25, 0.3) is 0 Å². The number of hydrogen-bond donors (Lipinski definition) is 2. The molecule has 0 atom stereocenters. The summed E-state index contributed by atoms with van der Waals surface area (Å²) in [5.41, 5.74) is 3.56. The lowest BCUT2D eigenvalue weighted by molar-refractivity contribution is 0.164. The van der Waals surface area contributed by atoms with E-state index in [4.69, 9.17) is 9.41 Å². The zero-order valence-corrected chi connectivity index (χ0v) is 18.3. The summed E-state index contributed by atoms with van der Waals surface area (Å²) in [6.45, 7) is 13.8. The van der Waals surface area contributed by atoms with Crippen LogP contribution in [0.5, 0.6) is 0 Å². The highest BCUT2D eigenvalue weighted by Gasteiger charge is 2.21. The fourth-order valence-corrected chi connectivity index (χ4v) is 3.68. The zero-order chi connectivity index (χ0) is 20.6. The third-order valence-corrected chi connectivity index (χ3v) is 5.71. The second-order valence-corrected chi connectivity index (χ2v) is 7.97. The van der Waals surface area contributed by atoms with Gasteiger partial charge in [0.1, 0.15) is 5.76 Å². The maximum absolute atomic E-state index is 5.73. The van der Waals surface area contributed by atoms with Gasteiger partial charge in [-0.3, -0.25) is 4.90 Å². The normalized spacial score (nSPS) is 16.2. The van der Waals surface area contributed by atoms with Crippen LogP contribution >= 0.6 is 0 Å². The topological polar surface area (TPSA) is 65.7 Å². The molecule has 6 nitrogen and oxygen atoms in total. The van der Waals surface area contributed by atoms with E-state index in [0.717, 1.165) is 56.0 Å². The second kappa shape index (κ2) is 10.4. The number of nitrogens with zero attached hydrogens (tertiary/aromatic N) is 3. The number of piperidine rings is 1. The Bertz CT molecular complexity index is 786. The van der Waals surface area contributed by atoms with Gasteiger partial charge in [-0.05, 0) is 70.7 Å². The van der Waals surface area contributed by atoms with Crippen molar-refractivity contribution in [2.45, 2.75) is 53.6 Å². The smallest absolute Gasteiger partial charge is 0.208 e. The number of aryl methyl sites for hydroxylation is 3. The predicted molar refractivity (Wildman–Crippen MR) is 118 cm³/mol. The predicted octanol–water partition coefficient (Wildman–Crippen LogP) is 3.57. The van der Waals surface area contributed by atoms with Gasteiger partial charge in [0.05, 0.1) is 18.8 Å². The lowest BCUT2D eigenvalue weighted by Gasteiger charge is -2.31. The van der Waals surface area contributed by atoms with Crippen LogP contribution in [-0.4, -0.2) is 42.0 Å². The van der Waals surface area contributed by atoms with Crippen molar-refractivity contribution < 1.29 is 4.42 Å². The molecule has 0 radical (unpaired) electrons. The van der Waals surface area contributed by atoms with Gasteiger partial charge in [0.15, 0.2) is 5.96 Å². The molecule has 0 amide bonds. The molecule has 2 N–H and O–H groups in total. The third-order valence-electron chi connectivity index (χ3n) is 5.71. The van der Waals surface area contributed by atoms with Crippen molar-refractivity contribution in [3.8, 4) is 0 Å². The third kappa shape index (κ3) is 6.32. The molecular weight excluding hydrogens is 362 g/mol. The number of oxazole rings is 1. The van der Waals surface area contributed by atoms with Gasteiger partial charge in [-0.15, -0.1) is 0 Å². The first kappa shape index (κ1) is 21.4. The van der Waals surface area contributed by atoms with Crippen LogP contribution in [0.2, 0.25) is 0 Å². The van der Waals surface area contributed by atoms with Crippen molar-refractivity contribution in [1.29, 1.82) is 0 Å². The van der Waals surface area contributed by atoms with Crippen LogP contribution in [0.3, 0.4) is 0 Å². The number of aliphatic imine (C=N–C) groups is 1. The Hall–Kier alpha value is -2.34. The van der Waals surface area contributed by atoms with Crippen molar-refractivity contribution in [3.63, 3.8) is 0 Å². The van der Waals surface area contributed by atoms with Gasteiger partial charge < -0.3 is 15.1 Å². The van der Waals surface area contributed by atoms with E-state index in [-0.39, 0.29) is 0 Å². The Labute approximate surface area is 174 Å². The molecule has 0 spiro atoms. The zero-order valence-electron chi connectivity index (χ0n) is 18.3. The average Bonchev–Trinajstić information content (AvgIpc) is 3.03. The van der Waals surface area contributed by atoms with E-state index in [1.165, 1.54) is 24.0 Å². The van der Waals surface area contributed by atoms with Crippen molar-refractivity contribution in [1.82, 2.24) is 20.5 Å². The van der Waals surface area contributed by atoms with Crippen molar-refractivity contribution in [2.75, 3.05) is 26.2 Å². The minimum Gasteiger partial charge on any atom is -0.444 e. The summed E-state index contributed by atoms with van der Waals surface area (Å²) in [5.74, 6) is 3.35. The number of benzene rings is 1. The Balaban J connectivity index is 1.44. The number of rotatable bonds is 7. The van der Waals surface area contributed by atoms with Crippen LogP contribution in [0.4, 0.5) is 0 Å². The fraction of sp³-hybridized carbons (Fsp3) is 0.565. The van der Waals surface area contributed by atoms with E-state index in [0.29, 0.717) is 12.5 Å². The van der Waals surface area contributed by atoms with Crippen LogP contribution in [0.15, 0.2) is 33.7 Å². The first-order valence-corrected chi connectivity index (χ1v) is 10.8. The molecule has 1 aliphatic heterocycles. The molecule has 0 saturated carbocycles. The van der Waals surface area contributed by atoms with Crippen molar-refractivity contribution in [2.24, 2.45) is 10.9 Å². The summed E-state index contributed by atoms with van der Waals surface area (Å²) in [6.07, 6.45) is 2.37. The molecule has 0 aliphatic carbocycles. The summed E-state index contributed by atoms with van der Waals surface area (Å²) in [7, 11) is 0. The van der Waals surface area contributed by atoms with Gasteiger partial charge in [-0.1, -0.05) is 24.3 Å². The molecular formula is C23H35N5O. The van der Waals surface area contributed by atoms with E-state index >= 15 is 0 Å². The first-order chi connectivity index (χ1) is 14.0. The van der Waals surface area contributed by atoms with Crippen LogP contribution in [0, 0.1) is 26.7 Å². The van der Waals surface area contributed by atoms with Gasteiger partial charge in [0.2, 0.25) is 5.89 Å². The van der Waals surface area contributed by atoms with Gasteiger partial charge in [-0.25, -0.2) is 9.98 Å². The molecule has 1 saturated heterocycles. The highest BCUT2D eigenvalue weighted by Crippen LogP contribution is 2.19. The fourth-order valence-electron chi connectivity index (χ4n) is 3.68. The van der Waals surface area contributed by atoms with E-state index in [1.54, 1.807) is 0 Å². The quantitative estimate of drug-likeness (QED) is 0.552. The summed E-state index contributed by atoms with van der Waals surface area (Å²) < 4.78 is 5.73. The SMILES string of the molecule is CCNC(=NCc1ccccc1C)NCC1CCN(Cc2nc(C)c(C)o2)CC1. The van der Waals surface area contributed by atoms with E-state index in [9.17, 15) is 0 Å². The van der Waals surface area contributed by atoms with Crippen LogP contribution in [-0.2, 0) is 13.1 Å². The summed E-state index contributed by atoms with van der Waals surface area (Å²) in [6, 6.07) is 8.43. The number of guanidine groups is 1. The Kier molecular flexibility index (Phi) is 7.69. The Morgan fingerprint density at radius 2 is 1.93 bits per heavy atom.